The number of hydrogen-bond acceptors (Lipinski definition) is 2. The standard InChI is InChI=1S/C26H36O2Si/c1-8-17-16-23-22-11-9-18-15-19(28-29(6,7)25(2,3)4)10-12-20(18)21(22)13-14-26(23,5)24(17)27/h10,12,15,21-23H,1,9,11,13-14,16H2,2-7H3/t21-,22-,23+,26+/m1/s1. The Bertz CT molecular complexity index is 900. The van der Waals surface area contributed by atoms with Gasteiger partial charge in [-0.05, 0) is 91.2 Å². The molecule has 2 saturated carbocycles. The number of benzene rings is 1. The van der Waals surface area contributed by atoms with Gasteiger partial charge in [0.1, 0.15) is 5.75 Å². The monoisotopic (exact) mass is 408 g/mol. The number of aryl methyl sites for hydroxylation is 1. The maximum Gasteiger partial charge on any atom is 0.250 e. The molecule has 0 heterocycles. The number of Topliss-reactive ketones (excluding diaryl/α,β-unsaturated/α-hetero) is 1. The maximum absolute atomic E-state index is 12.9. The van der Waals surface area contributed by atoms with E-state index in [4.69, 9.17) is 4.43 Å². The van der Waals surface area contributed by atoms with Gasteiger partial charge in [0.25, 0.3) is 0 Å². The highest BCUT2D eigenvalue weighted by Gasteiger charge is 2.56. The molecular formula is C26H36O2Si. The van der Waals surface area contributed by atoms with Gasteiger partial charge in [0.2, 0.25) is 8.32 Å². The summed E-state index contributed by atoms with van der Waals surface area (Å²) in [5.41, 5.74) is 6.59. The fraction of sp³-hybridized carbons (Fsp3) is 0.615. The smallest absolute Gasteiger partial charge is 0.250 e. The summed E-state index contributed by atoms with van der Waals surface area (Å²) in [6.45, 7) is 17.5. The zero-order valence-corrected chi connectivity index (χ0v) is 20.0. The van der Waals surface area contributed by atoms with E-state index in [1.165, 1.54) is 17.5 Å². The summed E-state index contributed by atoms with van der Waals surface area (Å²) in [5, 5.41) is 0.202. The highest BCUT2D eigenvalue weighted by Crippen LogP contribution is 2.60. The summed E-state index contributed by atoms with van der Waals surface area (Å²) < 4.78 is 6.57. The highest BCUT2D eigenvalue weighted by molar-refractivity contribution is 6.74. The fourth-order valence-corrected chi connectivity index (χ4v) is 6.88. The number of rotatable bonds is 2. The number of fused-ring (bicyclic) bond motifs is 5. The molecule has 0 unspecified atom stereocenters. The van der Waals surface area contributed by atoms with Crippen molar-refractivity contribution in [1.29, 1.82) is 0 Å². The van der Waals surface area contributed by atoms with Crippen LogP contribution in [0.15, 0.2) is 36.1 Å². The minimum atomic E-state index is -1.83. The molecule has 3 aliphatic rings. The van der Waals surface area contributed by atoms with Crippen molar-refractivity contribution in [3.63, 3.8) is 0 Å². The van der Waals surface area contributed by atoms with Gasteiger partial charge in [-0.15, -0.1) is 5.73 Å². The van der Waals surface area contributed by atoms with Crippen molar-refractivity contribution in [2.75, 3.05) is 0 Å². The van der Waals surface area contributed by atoms with Gasteiger partial charge in [-0.2, -0.15) is 0 Å². The first-order valence-electron chi connectivity index (χ1n) is 11.2. The number of carbonyl (C=O) groups is 1. The summed E-state index contributed by atoms with van der Waals surface area (Å²) >= 11 is 0. The molecule has 2 fully saturated rings. The topological polar surface area (TPSA) is 26.3 Å². The van der Waals surface area contributed by atoms with Crippen LogP contribution in [0.2, 0.25) is 18.1 Å². The Morgan fingerprint density at radius 2 is 1.97 bits per heavy atom. The maximum atomic E-state index is 12.9. The molecule has 3 heteroatoms. The zero-order chi connectivity index (χ0) is 21.2. The van der Waals surface area contributed by atoms with E-state index in [0.717, 1.165) is 37.0 Å². The molecular weight excluding hydrogens is 372 g/mol. The Labute approximate surface area is 177 Å². The van der Waals surface area contributed by atoms with E-state index >= 15 is 0 Å². The van der Waals surface area contributed by atoms with E-state index in [9.17, 15) is 4.79 Å². The van der Waals surface area contributed by atoms with Gasteiger partial charge in [0.15, 0.2) is 5.78 Å². The second-order valence-corrected chi connectivity index (χ2v) is 16.0. The molecule has 0 spiro atoms. The molecule has 29 heavy (non-hydrogen) atoms. The lowest BCUT2D eigenvalue weighted by atomic mass is 9.55. The minimum Gasteiger partial charge on any atom is -0.543 e. The Hall–Kier alpha value is -1.57. The van der Waals surface area contributed by atoms with Crippen LogP contribution < -0.4 is 4.43 Å². The molecule has 4 atom stereocenters. The van der Waals surface area contributed by atoms with Crippen LogP contribution in [0.25, 0.3) is 0 Å². The summed E-state index contributed by atoms with van der Waals surface area (Å²) in [6.07, 6.45) is 5.26. The molecule has 0 N–H and O–H groups in total. The average Bonchev–Trinajstić information content (AvgIpc) is 2.91. The predicted octanol–water partition coefficient (Wildman–Crippen LogP) is 6.82. The predicted molar refractivity (Wildman–Crippen MR) is 122 cm³/mol. The normalized spacial score (nSPS) is 31.6. The van der Waals surface area contributed by atoms with E-state index in [1.54, 1.807) is 0 Å². The van der Waals surface area contributed by atoms with Crippen molar-refractivity contribution in [1.82, 2.24) is 0 Å². The lowest BCUT2D eigenvalue weighted by Crippen LogP contribution is -2.44. The van der Waals surface area contributed by atoms with Gasteiger partial charge < -0.3 is 4.43 Å². The van der Waals surface area contributed by atoms with Crippen molar-refractivity contribution < 1.29 is 9.22 Å². The average molecular weight is 409 g/mol. The first-order chi connectivity index (χ1) is 13.5. The van der Waals surface area contributed by atoms with Crippen LogP contribution in [0.4, 0.5) is 0 Å². The van der Waals surface area contributed by atoms with Crippen LogP contribution in [0, 0.1) is 17.3 Å². The minimum absolute atomic E-state index is 0.190. The molecule has 2 nitrogen and oxygen atoms in total. The second-order valence-electron chi connectivity index (χ2n) is 11.3. The Balaban J connectivity index is 1.61. The van der Waals surface area contributed by atoms with Crippen molar-refractivity contribution in [3.05, 3.63) is 47.2 Å². The van der Waals surface area contributed by atoms with Crippen LogP contribution in [-0.4, -0.2) is 14.1 Å². The summed E-state index contributed by atoms with van der Waals surface area (Å²) in [7, 11) is -1.83. The molecule has 156 valence electrons. The molecule has 0 radical (unpaired) electrons. The van der Waals surface area contributed by atoms with Gasteiger partial charge in [0, 0.05) is 11.0 Å². The Morgan fingerprint density at radius 1 is 1.24 bits per heavy atom. The molecule has 1 aromatic carbocycles. The quantitative estimate of drug-likeness (QED) is 0.305. The van der Waals surface area contributed by atoms with Crippen molar-refractivity contribution >= 4 is 14.1 Å². The number of hydrogen-bond donors (Lipinski definition) is 0. The van der Waals surface area contributed by atoms with Crippen molar-refractivity contribution in [2.45, 2.75) is 83.8 Å². The third-order valence-corrected chi connectivity index (χ3v) is 13.1. The summed E-state index contributed by atoms with van der Waals surface area (Å²) in [4.78, 5) is 12.9. The highest BCUT2D eigenvalue weighted by atomic mass is 28.4. The van der Waals surface area contributed by atoms with E-state index in [0.29, 0.717) is 23.5 Å². The Morgan fingerprint density at radius 3 is 2.62 bits per heavy atom. The van der Waals surface area contributed by atoms with E-state index in [2.05, 4.69) is 71.3 Å². The Kier molecular flexibility index (Phi) is 4.79. The van der Waals surface area contributed by atoms with Gasteiger partial charge >= 0.3 is 0 Å². The number of carbonyl (C=O) groups excluding carboxylic acids is 1. The third kappa shape index (κ3) is 3.18. The molecule has 3 aliphatic carbocycles. The molecule has 1 aromatic rings. The van der Waals surface area contributed by atoms with Gasteiger partial charge in [-0.1, -0.05) is 40.3 Å². The van der Waals surface area contributed by atoms with Gasteiger partial charge in [0.05, 0.1) is 0 Å². The summed E-state index contributed by atoms with van der Waals surface area (Å²) in [5.74, 6) is 3.00. The lowest BCUT2D eigenvalue weighted by Gasteiger charge is -2.48. The zero-order valence-electron chi connectivity index (χ0n) is 19.0. The van der Waals surface area contributed by atoms with Crippen LogP contribution in [-0.2, 0) is 11.2 Å². The van der Waals surface area contributed by atoms with E-state index in [-0.39, 0.29) is 10.5 Å². The van der Waals surface area contributed by atoms with Gasteiger partial charge in [-0.3, -0.25) is 4.79 Å². The molecule has 0 aliphatic heterocycles. The SMILES string of the molecule is C=C=C1C[C@H]2[C@@H]3CCc4cc(O[Si](C)(C)C(C)(C)C)ccc4[C@H]3CC[C@]2(C)C1=O. The first kappa shape index (κ1) is 20.7. The van der Waals surface area contributed by atoms with Crippen LogP contribution in [0.1, 0.15) is 70.4 Å². The second kappa shape index (κ2) is 6.72. The number of ketones is 1. The molecule has 0 saturated heterocycles. The van der Waals surface area contributed by atoms with Crippen LogP contribution in [0.3, 0.4) is 0 Å². The van der Waals surface area contributed by atoms with Crippen LogP contribution >= 0.6 is 0 Å². The molecule has 0 aromatic heterocycles. The van der Waals surface area contributed by atoms with E-state index in [1.807, 2.05) is 0 Å². The lowest BCUT2D eigenvalue weighted by molar-refractivity contribution is -0.127. The number of allylic oxidation sites excluding steroid dienone is 1. The third-order valence-electron chi connectivity index (χ3n) is 8.70. The largest absolute Gasteiger partial charge is 0.543 e. The van der Waals surface area contributed by atoms with Crippen molar-refractivity contribution in [3.8, 4) is 5.75 Å². The van der Waals surface area contributed by atoms with Gasteiger partial charge in [-0.25, -0.2) is 0 Å². The first-order valence-corrected chi connectivity index (χ1v) is 14.1. The fourth-order valence-electron chi connectivity index (χ4n) is 5.86. The molecule has 0 amide bonds. The van der Waals surface area contributed by atoms with E-state index < -0.39 is 8.32 Å². The molecule has 0 bridgehead atoms. The molecule has 4 rings (SSSR count). The summed E-state index contributed by atoms with van der Waals surface area (Å²) in [6, 6.07) is 6.84. The van der Waals surface area contributed by atoms with Crippen molar-refractivity contribution in [2.24, 2.45) is 17.3 Å². The van der Waals surface area contributed by atoms with Crippen LogP contribution in [0.5, 0.6) is 5.75 Å².